The molecule has 28 heavy (non-hydrogen) atoms. The van der Waals surface area contributed by atoms with E-state index in [0.29, 0.717) is 20.6 Å². The first-order valence-corrected chi connectivity index (χ1v) is 9.26. The van der Waals surface area contributed by atoms with Crippen molar-refractivity contribution in [1.82, 2.24) is 5.32 Å². The number of nitrogens with one attached hydrogen (secondary N) is 1. The van der Waals surface area contributed by atoms with Gasteiger partial charge in [0.1, 0.15) is 6.61 Å². The molecule has 0 aliphatic rings. The van der Waals surface area contributed by atoms with E-state index in [-0.39, 0.29) is 17.2 Å². The van der Waals surface area contributed by atoms with Crippen molar-refractivity contribution in [3.8, 4) is 0 Å². The fourth-order valence-electron chi connectivity index (χ4n) is 2.05. The standard InChI is InChI=1S/C18H14Cl4N2O4/c1-27-18(26)16(24-17(25)11-6-5-10(19)7-15(11)22)8-23-28-9-12-13(20)3-2-4-14(12)21/h2-8,16H,9H2,1H3,(H,24,25)/b23-8-/t16-/m1/s1. The maximum Gasteiger partial charge on any atom is 0.334 e. The van der Waals surface area contributed by atoms with Gasteiger partial charge in [-0.3, -0.25) is 4.79 Å². The fraction of sp³-hybridized carbons (Fsp3) is 0.167. The molecule has 1 amide bonds. The number of rotatable bonds is 7. The average Bonchev–Trinajstić information content (AvgIpc) is 2.65. The zero-order valence-electron chi connectivity index (χ0n) is 14.4. The van der Waals surface area contributed by atoms with Crippen molar-refractivity contribution in [3.63, 3.8) is 0 Å². The van der Waals surface area contributed by atoms with Crippen molar-refractivity contribution >= 4 is 64.5 Å². The number of hydrogen-bond donors (Lipinski definition) is 1. The largest absolute Gasteiger partial charge is 0.467 e. The number of carbonyl (C=O) groups excluding carboxylic acids is 2. The maximum absolute atomic E-state index is 12.4. The molecule has 0 aromatic heterocycles. The highest BCUT2D eigenvalue weighted by Gasteiger charge is 2.22. The first-order valence-electron chi connectivity index (χ1n) is 7.75. The summed E-state index contributed by atoms with van der Waals surface area (Å²) in [5, 5.41) is 7.47. The summed E-state index contributed by atoms with van der Waals surface area (Å²) in [6.45, 7) is -0.0279. The minimum absolute atomic E-state index is 0.0279. The normalized spacial score (nSPS) is 11.9. The fourth-order valence-corrected chi connectivity index (χ4v) is 3.05. The van der Waals surface area contributed by atoms with Crippen molar-refractivity contribution < 1.29 is 19.2 Å². The molecule has 6 nitrogen and oxygen atoms in total. The molecule has 0 aliphatic heterocycles. The molecule has 0 aliphatic carbocycles. The van der Waals surface area contributed by atoms with Crippen LogP contribution in [-0.4, -0.2) is 31.2 Å². The number of methoxy groups -OCH3 is 1. The molecule has 0 fully saturated rings. The van der Waals surface area contributed by atoms with E-state index in [0.717, 1.165) is 6.21 Å². The van der Waals surface area contributed by atoms with E-state index in [1.54, 1.807) is 18.2 Å². The van der Waals surface area contributed by atoms with E-state index in [1.165, 1.54) is 25.3 Å². The number of halogens is 4. The van der Waals surface area contributed by atoms with Crippen molar-refractivity contribution in [2.45, 2.75) is 12.6 Å². The maximum atomic E-state index is 12.4. The molecular formula is C18H14Cl4N2O4. The lowest BCUT2D eigenvalue weighted by Crippen LogP contribution is -2.42. The van der Waals surface area contributed by atoms with E-state index >= 15 is 0 Å². The number of carbonyl (C=O) groups is 2. The van der Waals surface area contributed by atoms with Crippen molar-refractivity contribution in [2.75, 3.05) is 7.11 Å². The molecule has 0 spiro atoms. The Kier molecular flexibility index (Phi) is 8.38. The number of benzene rings is 2. The van der Waals surface area contributed by atoms with Crippen LogP contribution in [0.4, 0.5) is 0 Å². The second kappa shape index (κ2) is 10.5. The van der Waals surface area contributed by atoms with Crippen LogP contribution in [0.3, 0.4) is 0 Å². The first-order chi connectivity index (χ1) is 13.3. The minimum atomic E-state index is -1.20. The third-order valence-corrected chi connectivity index (χ3v) is 4.73. The Labute approximate surface area is 181 Å². The van der Waals surface area contributed by atoms with Gasteiger partial charge in [-0.15, -0.1) is 0 Å². The molecular weight excluding hydrogens is 450 g/mol. The summed E-state index contributed by atoms with van der Waals surface area (Å²) < 4.78 is 4.66. The number of esters is 1. The quantitative estimate of drug-likeness (QED) is 0.364. The lowest BCUT2D eigenvalue weighted by molar-refractivity contribution is -0.140. The van der Waals surface area contributed by atoms with E-state index in [1.807, 2.05) is 0 Å². The van der Waals surface area contributed by atoms with Crippen LogP contribution in [0.15, 0.2) is 41.6 Å². The molecule has 0 bridgehead atoms. The van der Waals surface area contributed by atoms with Gasteiger partial charge in [0, 0.05) is 20.6 Å². The Morgan fingerprint density at radius 2 is 1.79 bits per heavy atom. The summed E-state index contributed by atoms with van der Waals surface area (Å²) in [6.07, 6.45) is 1.08. The summed E-state index contributed by atoms with van der Waals surface area (Å²) in [5.41, 5.74) is 0.673. The van der Waals surface area contributed by atoms with Gasteiger partial charge in [0.05, 0.1) is 23.9 Å². The van der Waals surface area contributed by atoms with Crippen LogP contribution in [0.2, 0.25) is 20.1 Å². The van der Waals surface area contributed by atoms with E-state index < -0.39 is 17.9 Å². The summed E-state index contributed by atoms with van der Waals surface area (Å²) in [7, 11) is 1.18. The van der Waals surface area contributed by atoms with Gasteiger partial charge in [0.2, 0.25) is 0 Å². The topological polar surface area (TPSA) is 77.0 Å². The predicted molar refractivity (Wildman–Crippen MR) is 109 cm³/mol. The number of ether oxygens (including phenoxy) is 1. The lowest BCUT2D eigenvalue weighted by Gasteiger charge is -2.13. The summed E-state index contributed by atoms with van der Waals surface area (Å²) >= 11 is 23.9. The Morgan fingerprint density at radius 1 is 1.11 bits per heavy atom. The van der Waals surface area contributed by atoms with Gasteiger partial charge in [-0.25, -0.2) is 4.79 Å². The number of nitrogens with zero attached hydrogens (tertiary/aromatic N) is 1. The average molecular weight is 464 g/mol. The third-order valence-electron chi connectivity index (χ3n) is 3.47. The SMILES string of the molecule is COC(=O)[C@@H](/C=N\OCc1c(Cl)cccc1Cl)NC(=O)c1ccc(Cl)cc1Cl. The van der Waals surface area contributed by atoms with Crippen LogP contribution in [0, 0.1) is 0 Å². The van der Waals surface area contributed by atoms with Gasteiger partial charge in [-0.05, 0) is 30.3 Å². The summed E-state index contributed by atoms with van der Waals surface area (Å²) in [5.74, 6) is -1.36. The molecule has 2 aromatic rings. The highest BCUT2D eigenvalue weighted by molar-refractivity contribution is 6.37. The predicted octanol–water partition coefficient (Wildman–Crippen LogP) is 4.77. The van der Waals surface area contributed by atoms with Crippen molar-refractivity contribution in [3.05, 3.63) is 67.6 Å². The van der Waals surface area contributed by atoms with Crippen LogP contribution in [0.25, 0.3) is 0 Å². The van der Waals surface area contributed by atoms with Crippen molar-refractivity contribution in [2.24, 2.45) is 5.16 Å². The van der Waals surface area contributed by atoms with Crippen LogP contribution < -0.4 is 5.32 Å². The molecule has 0 radical (unpaired) electrons. The van der Waals surface area contributed by atoms with Crippen LogP contribution in [0.1, 0.15) is 15.9 Å². The van der Waals surface area contributed by atoms with Gasteiger partial charge in [-0.2, -0.15) is 0 Å². The lowest BCUT2D eigenvalue weighted by atomic mass is 10.2. The van der Waals surface area contributed by atoms with Crippen LogP contribution in [0.5, 0.6) is 0 Å². The van der Waals surface area contributed by atoms with Gasteiger partial charge >= 0.3 is 5.97 Å². The molecule has 0 saturated carbocycles. The molecule has 1 N–H and O–H groups in total. The molecule has 2 rings (SSSR count). The zero-order valence-corrected chi connectivity index (χ0v) is 17.4. The van der Waals surface area contributed by atoms with Gasteiger partial charge in [0.15, 0.2) is 6.04 Å². The molecule has 148 valence electrons. The molecule has 1 atom stereocenters. The Bertz CT molecular complexity index is 885. The van der Waals surface area contributed by atoms with Crippen LogP contribution in [-0.2, 0) is 21.0 Å². The summed E-state index contributed by atoms with van der Waals surface area (Å²) in [4.78, 5) is 29.4. The van der Waals surface area contributed by atoms with E-state index in [9.17, 15) is 9.59 Å². The Balaban J connectivity index is 2.06. The molecule has 10 heteroatoms. The Morgan fingerprint density at radius 3 is 2.39 bits per heavy atom. The number of hydrogen-bond acceptors (Lipinski definition) is 5. The molecule has 0 unspecified atom stereocenters. The Hall–Kier alpha value is -1.99. The van der Waals surface area contributed by atoms with Gasteiger partial charge in [0.25, 0.3) is 5.91 Å². The molecule has 0 heterocycles. The van der Waals surface area contributed by atoms with Crippen molar-refractivity contribution in [1.29, 1.82) is 0 Å². The van der Waals surface area contributed by atoms with E-state index in [2.05, 4.69) is 15.2 Å². The van der Waals surface area contributed by atoms with E-state index in [4.69, 9.17) is 51.2 Å². The zero-order chi connectivity index (χ0) is 20.7. The number of amides is 1. The third kappa shape index (κ3) is 6.01. The highest BCUT2D eigenvalue weighted by Crippen LogP contribution is 2.25. The molecule has 2 aromatic carbocycles. The second-order valence-electron chi connectivity index (χ2n) is 5.33. The van der Waals surface area contributed by atoms with Gasteiger partial charge in [-0.1, -0.05) is 57.6 Å². The first kappa shape index (κ1) is 22.3. The number of oxime groups is 1. The molecule has 0 saturated heterocycles. The monoisotopic (exact) mass is 462 g/mol. The van der Waals surface area contributed by atoms with Crippen LogP contribution >= 0.6 is 46.4 Å². The highest BCUT2D eigenvalue weighted by atomic mass is 35.5. The summed E-state index contributed by atoms with van der Waals surface area (Å²) in [6, 6.07) is 8.15. The minimum Gasteiger partial charge on any atom is -0.467 e. The van der Waals surface area contributed by atoms with Gasteiger partial charge < -0.3 is 14.9 Å². The second-order valence-corrected chi connectivity index (χ2v) is 6.98. The smallest absolute Gasteiger partial charge is 0.334 e.